The largest absolute Gasteiger partial charge is 0.504 e. The van der Waals surface area contributed by atoms with Gasteiger partial charge in [-0.05, 0) is 24.6 Å². The van der Waals surface area contributed by atoms with Crippen molar-refractivity contribution in [2.45, 2.75) is 18.6 Å². The van der Waals surface area contributed by atoms with Crippen LogP contribution in [-0.4, -0.2) is 31.9 Å². The molecule has 0 bridgehead atoms. The smallest absolute Gasteiger partial charge is 0.326 e. The van der Waals surface area contributed by atoms with Crippen molar-refractivity contribution in [2.75, 3.05) is 0 Å². The van der Waals surface area contributed by atoms with E-state index >= 15 is 0 Å². The Morgan fingerprint density at radius 2 is 1.94 bits per heavy atom. The minimum atomic E-state index is -1.87. The Bertz CT molecular complexity index is 416. The molecule has 6 heteroatoms. The molecule has 88 valence electrons. The lowest BCUT2D eigenvalue weighted by Gasteiger charge is -2.26. The zero-order valence-corrected chi connectivity index (χ0v) is 8.58. The number of aliphatic hydroxyl groups is 1. The van der Waals surface area contributed by atoms with Gasteiger partial charge in [-0.15, -0.1) is 0 Å². The van der Waals surface area contributed by atoms with E-state index in [0.29, 0.717) is 0 Å². The molecular weight excluding hydrogens is 214 g/mol. The molecule has 6 N–H and O–H groups in total. The fraction of sp³-hybridized carbons (Fsp3) is 0.300. The van der Waals surface area contributed by atoms with Gasteiger partial charge in [0.05, 0.1) is 0 Å². The minimum absolute atomic E-state index is 0.114. The van der Waals surface area contributed by atoms with Gasteiger partial charge < -0.3 is 26.2 Å². The number of aliphatic carboxylic acids is 1. The first-order valence-corrected chi connectivity index (χ1v) is 4.49. The van der Waals surface area contributed by atoms with Gasteiger partial charge in [0.25, 0.3) is 0 Å². The highest BCUT2D eigenvalue weighted by Crippen LogP contribution is 2.31. The van der Waals surface area contributed by atoms with Crippen LogP contribution in [0.25, 0.3) is 0 Å². The van der Waals surface area contributed by atoms with Crippen molar-refractivity contribution in [3.8, 4) is 11.5 Å². The number of aliphatic hydroxyl groups excluding tert-OH is 1. The molecular formula is C10H13NO5. The molecule has 1 aromatic carbocycles. The maximum Gasteiger partial charge on any atom is 0.326 e. The van der Waals surface area contributed by atoms with Gasteiger partial charge in [-0.2, -0.15) is 0 Å². The fourth-order valence-corrected chi connectivity index (χ4v) is 1.17. The summed E-state index contributed by atoms with van der Waals surface area (Å²) in [5.41, 5.74) is 3.67. The predicted molar refractivity (Wildman–Crippen MR) is 55.0 cm³/mol. The Kier molecular flexibility index (Phi) is 3.06. The Balaban J connectivity index is 3.10. The van der Waals surface area contributed by atoms with Gasteiger partial charge in [0.2, 0.25) is 0 Å². The van der Waals surface area contributed by atoms with Gasteiger partial charge in [-0.3, -0.25) is 4.79 Å². The van der Waals surface area contributed by atoms with Crippen LogP contribution in [0.15, 0.2) is 18.2 Å². The van der Waals surface area contributed by atoms with Crippen LogP contribution in [0.5, 0.6) is 11.5 Å². The molecule has 0 fully saturated rings. The SMILES string of the molecule is CC(N)(C(=O)O)C(O)c1ccc(O)c(O)c1. The van der Waals surface area contributed by atoms with E-state index < -0.39 is 23.4 Å². The van der Waals surface area contributed by atoms with Crippen molar-refractivity contribution in [1.82, 2.24) is 0 Å². The molecule has 0 amide bonds. The lowest BCUT2D eigenvalue weighted by Crippen LogP contribution is -2.50. The molecule has 0 radical (unpaired) electrons. The first kappa shape index (κ1) is 12.3. The second-order valence-corrected chi connectivity index (χ2v) is 3.74. The van der Waals surface area contributed by atoms with Crippen molar-refractivity contribution >= 4 is 5.97 Å². The number of phenolic OH excluding ortho intramolecular Hbond substituents is 2. The monoisotopic (exact) mass is 227 g/mol. The van der Waals surface area contributed by atoms with Crippen LogP contribution in [0.2, 0.25) is 0 Å². The number of benzene rings is 1. The highest BCUT2D eigenvalue weighted by molar-refractivity contribution is 5.79. The number of carbonyl (C=O) groups is 1. The summed E-state index contributed by atoms with van der Waals surface area (Å²) < 4.78 is 0. The van der Waals surface area contributed by atoms with Gasteiger partial charge in [0.1, 0.15) is 11.6 Å². The molecule has 0 aromatic heterocycles. The number of hydrogen-bond donors (Lipinski definition) is 5. The third-order valence-electron chi connectivity index (χ3n) is 2.34. The Morgan fingerprint density at radius 3 is 2.38 bits per heavy atom. The van der Waals surface area contributed by atoms with Gasteiger partial charge in [0, 0.05) is 0 Å². The van der Waals surface area contributed by atoms with Gasteiger partial charge in [0.15, 0.2) is 11.5 Å². The Morgan fingerprint density at radius 1 is 1.38 bits per heavy atom. The molecule has 0 aliphatic rings. The zero-order chi connectivity index (χ0) is 12.5. The van der Waals surface area contributed by atoms with Crippen molar-refractivity contribution < 1.29 is 25.2 Å². The average Bonchev–Trinajstić information content (AvgIpc) is 2.20. The molecule has 0 saturated carbocycles. The highest BCUT2D eigenvalue weighted by Gasteiger charge is 2.37. The van der Waals surface area contributed by atoms with Crippen LogP contribution in [0.4, 0.5) is 0 Å². The Labute approximate surface area is 91.6 Å². The molecule has 6 nitrogen and oxygen atoms in total. The number of rotatable bonds is 3. The van der Waals surface area contributed by atoms with Crippen molar-refractivity contribution in [3.63, 3.8) is 0 Å². The molecule has 1 rings (SSSR count). The van der Waals surface area contributed by atoms with Crippen molar-refractivity contribution in [3.05, 3.63) is 23.8 Å². The molecule has 0 spiro atoms. The average molecular weight is 227 g/mol. The molecule has 1 aromatic rings. The van der Waals surface area contributed by atoms with Crippen LogP contribution < -0.4 is 5.73 Å². The number of nitrogens with two attached hydrogens (primary N) is 1. The zero-order valence-electron chi connectivity index (χ0n) is 8.58. The van der Waals surface area contributed by atoms with Gasteiger partial charge in [-0.25, -0.2) is 0 Å². The first-order chi connectivity index (χ1) is 7.26. The molecule has 2 unspecified atom stereocenters. The van der Waals surface area contributed by atoms with Crippen LogP contribution >= 0.6 is 0 Å². The van der Waals surface area contributed by atoms with Crippen molar-refractivity contribution in [1.29, 1.82) is 0 Å². The van der Waals surface area contributed by atoms with Gasteiger partial charge >= 0.3 is 5.97 Å². The molecule has 16 heavy (non-hydrogen) atoms. The van der Waals surface area contributed by atoms with Crippen LogP contribution in [0, 0.1) is 0 Å². The summed E-state index contributed by atoms with van der Waals surface area (Å²) in [6.07, 6.45) is -1.49. The number of carboxylic acid groups (broad SMARTS) is 1. The van der Waals surface area contributed by atoms with E-state index in [1.165, 1.54) is 6.07 Å². The third kappa shape index (κ3) is 2.07. The standard InChI is InChI=1S/C10H13NO5/c1-10(11,9(15)16)8(14)5-2-3-6(12)7(13)4-5/h2-4,8,12-14H,11H2,1H3,(H,15,16). The third-order valence-corrected chi connectivity index (χ3v) is 2.34. The van der Waals surface area contributed by atoms with E-state index in [9.17, 15) is 15.0 Å². The lowest BCUT2D eigenvalue weighted by molar-refractivity contribution is -0.147. The lowest BCUT2D eigenvalue weighted by atomic mass is 9.90. The minimum Gasteiger partial charge on any atom is -0.504 e. The van der Waals surface area contributed by atoms with E-state index in [-0.39, 0.29) is 11.3 Å². The van der Waals surface area contributed by atoms with E-state index in [4.69, 9.17) is 15.9 Å². The van der Waals surface area contributed by atoms with E-state index in [1.54, 1.807) is 0 Å². The molecule has 0 aliphatic heterocycles. The summed E-state index contributed by atoms with van der Waals surface area (Å²) in [6, 6.07) is 3.49. The predicted octanol–water partition coefficient (Wildman–Crippen LogP) is -0.0668. The summed E-state index contributed by atoms with van der Waals surface area (Å²) in [5, 5.41) is 36.8. The summed E-state index contributed by atoms with van der Waals surface area (Å²) in [4.78, 5) is 10.8. The fourth-order valence-electron chi connectivity index (χ4n) is 1.17. The second-order valence-electron chi connectivity index (χ2n) is 3.74. The van der Waals surface area contributed by atoms with E-state index in [0.717, 1.165) is 19.1 Å². The molecule has 0 heterocycles. The number of aromatic hydroxyl groups is 2. The summed E-state index contributed by atoms with van der Waals surface area (Å²) in [6.45, 7) is 1.16. The van der Waals surface area contributed by atoms with Crippen LogP contribution in [0.3, 0.4) is 0 Å². The second kappa shape index (κ2) is 3.99. The van der Waals surface area contributed by atoms with Crippen molar-refractivity contribution in [2.24, 2.45) is 5.73 Å². The summed E-state index contributed by atoms with van der Waals surface area (Å²) in [7, 11) is 0. The number of hydrogen-bond acceptors (Lipinski definition) is 5. The van der Waals surface area contributed by atoms with Gasteiger partial charge in [-0.1, -0.05) is 6.07 Å². The quantitative estimate of drug-likeness (QED) is 0.460. The highest BCUT2D eigenvalue weighted by atomic mass is 16.4. The maximum absolute atomic E-state index is 10.8. The normalized spacial score (nSPS) is 16.4. The van der Waals surface area contributed by atoms with Crippen LogP contribution in [0.1, 0.15) is 18.6 Å². The maximum atomic E-state index is 10.8. The topological polar surface area (TPSA) is 124 Å². The molecule has 0 aliphatic carbocycles. The molecule has 0 saturated heterocycles. The number of phenols is 2. The number of carboxylic acids is 1. The first-order valence-electron chi connectivity index (χ1n) is 4.49. The van der Waals surface area contributed by atoms with Crippen LogP contribution in [-0.2, 0) is 4.79 Å². The Hall–Kier alpha value is -1.79. The van der Waals surface area contributed by atoms with E-state index in [1.807, 2.05) is 0 Å². The summed E-state index contributed by atoms with van der Waals surface area (Å²) >= 11 is 0. The summed E-state index contributed by atoms with van der Waals surface area (Å²) in [5.74, 6) is -2.17. The molecule has 2 atom stereocenters. The van der Waals surface area contributed by atoms with E-state index in [2.05, 4.69) is 0 Å².